The molecular formula is C16H17N3. The lowest BCUT2D eigenvalue weighted by Crippen LogP contribution is -2.11. The van der Waals surface area contributed by atoms with Gasteiger partial charge < -0.3 is 5.32 Å². The molecule has 96 valence electrons. The van der Waals surface area contributed by atoms with Crippen LogP contribution in [0.5, 0.6) is 0 Å². The fourth-order valence-corrected chi connectivity index (χ4v) is 2.39. The van der Waals surface area contributed by atoms with E-state index in [2.05, 4.69) is 40.7 Å². The smallest absolute Gasteiger partial charge is 0.0721 e. The minimum absolute atomic E-state index is 0.942. The normalized spacial score (nSPS) is 14.4. The first-order valence-corrected chi connectivity index (χ1v) is 6.56. The van der Waals surface area contributed by atoms with Crippen molar-refractivity contribution in [2.75, 3.05) is 23.9 Å². The third-order valence-electron chi connectivity index (χ3n) is 3.36. The molecule has 19 heavy (non-hydrogen) atoms. The summed E-state index contributed by atoms with van der Waals surface area (Å²) in [5, 5.41) is 10.0. The monoisotopic (exact) mass is 251 g/mol. The van der Waals surface area contributed by atoms with Gasteiger partial charge in [0.05, 0.1) is 11.4 Å². The number of hydrogen-bond donors (Lipinski definition) is 1. The Bertz CT molecular complexity index is 590. The van der Waals surface area contributed by atoms with E-state index in [-0.39, 0.29) is 0 Å². The van der Waals surface area contributed by atoms with Gasteiger partial charge in [0, 0.05) is 31.3 Å². The van der Waals surface area contributed by atoms with Crippen molar-refractivity contribution in [2.45, 2.75) is 6.42 Å². The van der Waals surface area contributed by atoms with Crippen LogP contribution < -0.4 is 10.3 Å². The number of nitrogens with one attached hydrogen (secondary N) is 1. The molecule has 0 aliphatic carbocycles. The average Bonchev–Trinajstić information content (AvgIpc) is 2.98. The molecule has 2 aromatic rings. The molecule has 0 bridgehead atoms. The van der Waals surface area contributed by atoms with E-state index in [1.165, 1.54) is 5.56 Å². The summed E-state index contributed by atoms with van der Waals surface area (Å²) in [5.74, 6) is 0. The molecule has 0 aromatic heterocycles. The summed E-state index contributed by atoms with van der Waals surface area (Å²) in [4.78, 5) is 0. The highest BCUT2D eigenvalue weighted by Gasteiger charge is 2.18. The summed E-state index contributed by atoms with van der Waals surface area (Å²) >= 11 is 0. The molecule has 0 atom stereocenters. The minimum Gasteiger partial charge on any atom is -0.388 e. The van der Waals surface area contributed by atoms with Crippen LogP contribution in [0.4, 0.5) is 11.4 Å². The van der Waals surface area contributed by atoms with E-state index in [0.717, 1.165) is 30.1 Å². The van der Waals surface area contributed by atoms with Crippen molar-refractivity contribution in [1.29, 1.82) is 0 Å². The average molecular weight is 251 g/mol. The van der Waals surface area contributed by atoms with Crippen molar-refractivity contribution >= 4 is 17.1 Å². The highest BCUT2D eigenvalue weighted by molar-refractivity contribution is 6.06. The zero-order chi connectivity index (χ0) is 13.1. The Hall–Kier alpha value is -2.29. The van der Waals surface area contributed by atoms with Crippen LogP contribution in [0.15, 0.2) is 59.7 Å². The van der Waals surface area contributed by atoms with Crippen LogP contribution in [0.1, 0.15) is 12.0 Å². The molecule has 0 fully saturated rings. The predicted molar refractivity (Wildman–Crippen MR) is 80.9 cm³/mol. The number of para-hydroxylation sites is 2. The van der Waals surface area contributed by atoms with Gasteiger partial charge in [0.2, 0.25) is 0 Å². The summed E-state index contributed by atoms with van der Waals surface area (Å²) in [5.41, 5.74) is 4.63. The van der Waals surface area contributed by atoms with E-state index in [9.17, 15) is 0 Å². The standard InChI is InChI=1S/C16H17N3/c1-17-15-10-6-5-9-14(15)16-11-12-19(18-16)13-7-3-2-4-8-13/h2-10,17H,11-12H2,1H3. The Morgan fingerprint density at radius 2 is 1.74 bits per heavy atom. The van der Waals surface area contributed by atoms with Crippen LogP contribution >= 0.6 is 0 Å². The van der Waals surface area contributed by atoms with Gasteiger partial charge in [-0.2, -0.15) is 5.10 Å². The summed E-state index contributed by atoms with van der Waals surface area (Å²) in [6.07, 6.45) is 0.980. The topological polar surface area (TPSA) is 27.6 Å². The van der Waals surface area contributed by atoms with Crippen LogP contribution in [-0.4, -0.2) is 19.3 Å². The molecule has 3 heteroatoms. The molecular weight excluding hydrogens is 234 g/mol. The number of hydrogen-bond acceptors (Lipinski definition) is 3. The number of benzene rings is 2. The lowest BCUT2D eigenvalue weighted by atomic mass is 10.1. The first kappa shape index (κ1) is 11.8. The van der Waals surface area contributed by atoms with Crippen molar-refractivity contribution in [2.24, 2.45) is 5.10 Å². The third kappa shape index (κ3) is 2.32. The van der Waals surface area contributed by atoms with Gasteiger partial charge in [-0.25, -0.2) is 0 Å². The first-order valence-electron chi connectivity index (χ1n) is 6.56. The zero-order valence-corrected chi connectivity index (χ0v) is 11.0. The number of rotatable bonds is 3. The molecule has 3 rings (SSSR count). The number of anilines is 2. The maximum absolute atomic E-state index is 4.75. The third-order valence-corrected chi connectivity index (χ3v) is 3.36. The number of hydrazone groups is 1. The van der Waals surface area contributed by atoms with Gasteiger partial charge in [0.25, 0.3) is 0 Å². The van der Waals surface area contributed by atoms with Gasteiger partial charge in [-0.15, -0.1) is 0 Å². The molecule has 1 aliphatic rings. The molecule has 3 nitrogen and oxygen atoms in total. The summed E-state index contributed by atoms with van der Waals surface area (Å²) in [7, 11) is 1.95. The van der Waals surface area contributed by atoms with E-state index in [0.29, 0.717) is 0 Å². The van der Waals surface area contributed by atoms with Crippen molar-refractivity contribution in [3.63, 3.8) is 0 Å². The van der Waals surface area contributed by atoms with Crippen molar-refractivity contribution < 1.29 is 0 Å². The van der Waals surface area contributed by atoms with Crippen molar-refractivity contribution in [3.8, 4) is 0 Å². The van der Waals surface area contributed by atoms with E-state index < -0.39 is 0 Å². The highest BCUT2D eigenvalue weighted by atomic mass is 15.5. The van der Waals surface area contributed by atoms with E-state index in [1.807, 2.05) is 31.3 Å². The summed E-state index contributed by atoms with van der Waals surface area (Å²) in [6.45, 7) is 0.942. The summed E-state index contributed by atoms with van der Waals surface area (Å²) in [6, 6.07) is 18.6. The lowest BCUT2D eigenvalue weighted by molar-refractivity contribution is 0.922. The second kappa shape index (κ2) is 5.14. The van der Waals surface area contributed by atoms with Crippen LogP contribution in [-0.2, 0) is 0 Å². The maximum Gasteiger partial charge on any atom is 0.0721 e. The van der Waals surface area contributed by atoms with E-state index in [1.54, 1.807) is 0 Å². The van der Waals surface area contributed by atoms with Crippen LogP contribution in [0.25, 0.3) is 0 Å². The van der Waals surface area contributed by atoms with Gasteiger partial charge in [0.1, 0.15) is 0 Å². The predicted octanol–water partition coefficient (Wildman–Crippen LogP) is 3.34. The Morgan fingerprint density at radius 1 is 1.00 bits per heavy atom. The summed E-state index contributed by atoms with van der Waals surface area (Å²) < 4.78 is 0. The molecule has 0 saturated heterocycles. The maximum atomic E-state index is 4.75. The molecule has 0 amide bonds. The lowest BCUT2D eigenvalue weighted by Gasteiger charge is -2.12. The molecule has 0 spiro atoms. The van der Waals surface area contributed by atoms with Crippen LogP contribution in [0, 0.1) is 0 Å². The van der Waals surface area contributed by atoms with Gasteiger partial charge in [0.15, 0.2) is 0 Å². The second-order valence-corrected chi connectivity index (χ2v) is 4.55. The van der Waals surface area contributed by atoms with Crippen LogP contribution in [0.3, 0.4) is 0 Å². The molecule has 0 unspecified atom stereocenters. The highest BCUT2D eigenvalue weighted by Crippen LogP contribution is 2.24. The van der Waals surface area contributed by atoms with Gasteiger partial charge in [-0.1, -0.05) is 36.4 Å². The molecule has 1 heterocycles. The van der Waals surface area contributed by atoms with Crippen LogP contribution in [0.2, 0.25) is 0 Å². The second-order valence-electron chi connectivity index (χ2n) is 4.55. The molecule has 1 N–H and O–H groups in total. The first-order chi connectivity index (χ1) is 9.38. The fraction of sp³-hybridized carbons (Fsp3) is 0.188. The SMILES string of the molecule is CNc1ccccc1C1=NN(c2ccccc2)CC1. The Balaban J connectivity index is 1.91. The fourth-order valence-electron chi connectivity index (χ4n) is 2.39. The van der Waals surface area contributed by atoms with Crippen molar-refractivity contribution in [1.82, 2.24) is 0 Å². The van der Waals surface area contributed by atoms with Gasteiger partial charge >= 0.3 is 0 Å². The van der Waals surface area contributed by atoms with Gasteiger partial charge in [-0.05, 0) is 18.2 Å². The Morgan fingerprint density at radius 3 is 2.53 bits per heavy atom. The molecule has 2 aromatic carbocycles. The van der Waals surface area contributed by atoms with Gasteiger partial charge in [-0.3, -0.25) is 5.01 Å². The van der Waals surface area contributed by atoms with Crippen molar-refractivity contribution in [3.05, 3.63) is 60.2 Å². The molecule has 0 saturated carbocycles. The largest absolute Gasteiger partial charge is 0.388 e. The zero-order valence-electron chi connectivity index (χ0n) is 11.0. The Labute approximate surface area is 113 Å². The number of nitrogens with zero attached hydrogens (tertiary/aromatic N) is 2. The Kier molecular flexibility index (Phi) is 3.19. The molecule has 1 aliphatic heterocycles. The molecule has 0 radical (unpaired) electrons. The van der Waals surface area contributed by atoms with E-state index >= 15 is 0 Å². The minimum atomic E-state index is 0.942. The van der Waals surface area contributed by atoms with E-state index in [4.69, 9.17) is 5.10 Å². The quantitative estimate of drug-likeness (QED) is 0.906.